The van der Waals surface area contributed by atoms with Crippen LogP contribution in [-0.4, -0.2) is 42.6 Å². The summed E-state index contributed by atoms with van der Waals surface area (Å²) >= 11 is 0. The predicted molar refractivity (Wildman–Crippen MR) is 96.6 cm³/mol. The highest BCUT2D eigenvalue weighted by atomic mass is 16.6. The molecule has 0 amide bonds. The third-order valence-electron chi connectivity index (χ3n) is 3.60. The Morgan fingerprint density at radius 3 is 2.46 bits per heavy atom. The second-order valence-electron chi connectivity index (χ2n) is 6.78. The van der Waals surface area contributed by atoms with Crippen molar-refractivity contribution >= 4 is 17.0 Å². The van der Waals surface area contributed by atoms with Crippen LogP contribution in [0, 0.1) is 0 Å². The number of carbonyl (C=O) groups is 1. The molecule has 0 spiro atoms. The van der Waals surface area contributed by atoms with E-state index in [1.807, 2.05) is 39.0 Å². The number of rotatable bonds is 1. The molecule has 5 heteroatoms. The van der Waals surface area contributed by atoms with Crippen LogP contribution in [0.3, 0.4) is 0 Å². The number of hydrogen-bond donors (Lipinski definition) is 1. The highest BCUT2D eigenvalue weighted by Crippen LogP contribution is 2.19. The van der Waals surface area contributed by atoms with Crippen LogP contribution in [0.15, 0.2) is 30.5 Å². The Morgan fingerprint density at radius 1 is 1.25 bits per heavy atom. The highest BCUT2D eigenvalue weighted by Gasteiger charge is 2.18. The van der Waals surface area contributed by atoms with E-state index in [-0.39, 0.29) is 6.09 Å². The first kappa shape index (κ1) is 18.5. The van der Waals surface area contributed by atoms with Crippen molar-refractivity contribution in [1.82, 2.24) is 9.88 Å². The van der Waals surface area contributed by atoms with Gasteiger partial charge in [0.25, 0.3) is 0 Å². The number of morpholine rings is 1. The summed E-state index contributed by atoms with van der Waals surface area (Å²) in [5.74, 6) is 0. The van der Waals surface area contributed by atoms with Gasteiger partial charge in [0, 0.05) is 24.7 Å². The van der Waals surface area contributed by atoms with Gasteiger partial charge in [-0.25, -0.2) is 4.79 Å². The van der Waals surface area contributed by atoms with Crippen LogP contribution >= 0.6 is 0 Å². The van der Waals surface area contributed by atoms with Crippen LogP contribution in [0.2, 0.25) is 0 Å². The van der Waals surface area contributed by atoms with Crippen molar-refractivity contribution in [3.63, 3.8) is 0 Å². The van der Waals surface area contributed by atoms with E-state index < -0.39 is 5.60 Å². The number of nitrogens with one attached hydrogen (secondary N) is 1. The van der Waals surface area contributed by atoms with Crippen molar-refractivity contribution in [2.24, 2.45) is 0 Å². The number of aryl methyl sites for hydroxylation is 1. The van der Waals surface area contributed by atoms with Crippen LogP contribution in [0.25, 0.3) is 10.9 Å². The van der Waals surface area contributed by atoms with Gasteiger partial charge in [-0.1, -0.05) is 13.0 Å². The Bertz CT molecular complexity index is 655. The van der Waals surface area contributed by atoms with Gasteiger partial charge in [-0.3, -0.25) is 4.57 Å². The molecule has 1 aliphatic rings. The molecule has 0 unspecified atom stereocenters. The van der Waals surface area contributed by atoms with Crippen molar-refractivity contribution in [3.05, 3.63) is 36.0 Å². The standard InChI is InChI=1S/C15H19NO2.C4H9NO/c1-5-11-6-7-13-12(10-11)8-9-16(13)14(17)18-15(2,3)4;1-3-6-4-2-5-1/h6-10H,5H2,1-4H3;5H,1-4H2. The van der Waals surface area contributed by atoms with Crippen LogP contribution in [0.4, 0.5) is 4.79 Å². The van der Waals surface area contributed by atoms with E-state index in [1.165, 1.54) is 5.56 Å². The molecule has 0 atom stereocenters. The third kappa shape index (κ3) is 5.35. The number of carbonyl (C=O) groups excluding carboxylic acids is 1. The second kappa shape index (κ2) is 8.31. The third-order valence-corrected chi connectivity index (χ3v) is 3.60. The molecule has 5 nitrogen and oxygen atoms in total. The minimum Gasteiger partial charge on any atom is -0.443 e. The summed E-state index contributed by atoms with van der Waals surface area (Å²) in [5, 5.41) is 4.23. The lowest BCUT2D eigenvalue weighted by Gasteiger charge is -2.19. The number of benzene rings is 1. The molecule has 132 valence electrons. The van der Waals surface area contributed by atoms with Gasteiger partial charge in [0.2, 0.25) is 0 Å². The summed E-state index contributed by atoms with van der Waals surface area (Å²) in [4.78, 5) is 12.0. The maximum atomic E-state index is 12.0. The molecule has 1 saturated heterocycles. The Morgan fingerprint density at radius 2 is 1.96 bits per heavy atom. The molecule has 0 bridgehead atoms. The van der Waals surface area contributed by atoms with E-state index in [0.29, 0.717) is 0 Å². The van der Waals surface area contributed by atoms with Crippen LogP contribution in [0.5, 0.6) is 0 Å². The topological polar surface area (TPSA) is 52.5 Å². The zero-order valence-electron chi connectivity index (χ0n) is 15.1. The quantitative estimate of drug-likeness (QED) is 0.867. The van der Waals surface area contributed by atoms with Crippen molar-refractivity contribution < 1.29 is 14.3 Å². The smallest absolute Gasteiger partial charge is 0.418 e. The number of nitrogens with zero attached hydrogens (tertiary/aromatic N) is 1. The van der Waals surface area contributed by atoms with E-state index in [2.05, 4.69) is 18.3 Å². The van der Waals surface area contributed by atoms with Gasteiger partial charge in [-0.2, -0.15) is 0 Å². The molecular weight excluding hydrogens is 304 g/mol. The molecule has 0 saturated carbocycles. The first-order valence-electron chi connectivity index (χ1n) is 8.52. The van der Waals surface area contributed by atoms with E-state index in [1.54, 1.807) is 10.8 Å². The van der Waals surface area contributed by atoms with E-state index >= 15 is 0 Å². The van der Waals surface area contributed by atoms with Crippen LogP contribution < -0.4 is 5.32 Å². The molecule has 0 aliphatic carbocycles. The lowest BCUT2D eigenvalue weighted by atomic mass is 10.1. The Kier molecular flexibility index (Phi) is 6.40. The monoisotopic (exact) mass is 332 g/mol. The molecule has 0 radical (unpaired) electrons. The predicted octanol–water partition coefficient (Wildman–Crippen LogP) is 3.59. The molecule has 24 heavy (non-hydrogen) atoms. The molecule has 1 fully saturated rings. The van der Waals surface area contributed by atoms with Gasteiger partial charge in [0.1, 0.15) is 5.60 Å². The molecule has 2 aromatic rings. The van der Waals surface area contributed by atoms with E-state index in [9.17, 15) is 4.79 Å². The summed E-state index contributed by atoms with van der Waals surface area (Å²) in [5.41, 5.74) is 1.68. The Labute approximate surface area is 143 Å². The zero-order valence-corrected chi connectivity index (χ0v) is 15.1. The van der Waals surface area contributed by atoms with E-state index in [0.717, 1.165) is 43.6 Å². The van der Waals surface area contributed by atoms with Crippen molar-refractivity contribution in [1.29, 1.82) is 0 Å². The average molecular weight is 332 g/mol. The highest BCUT2D eigenvalue weighted by molar-refractivity contribution is 5.89. The largest absolute Gasteiger partial charge is 0.443 e. The fourth-order valence-corrected chi connectivity index (χ4v) is 2.40. The first-order valence-corrected chi connectivity index (χ1v) is 8.52. The van der Waals surface area contributed by atoms with Gasteiger partial charge in [-0.05, 0) is 51.0 Å². The summed E-state index contributed by atoms with van der Waals surface area (Å²) in [6.45, 7) is 11.6. The van der Waals surface area contributed by atoms with Gasteiger partial charge in [0.15, 0.2) is 0 Å². The number of ether oxygens (including phenoxy) is 2. The lowest BCUT2D eigenvalue weighted by molar-refractivity contribution is 0.0544. The lowest BCUT2D eigenvalue weighted by Crippen LogP contribution is -2.30. The maximum Gasteiger partial charge on any atom is 0.418 e. The zero-order chi connectivity index (χ0) is 17.6. The summed E-state index contributed by atoms with van der Waals surface area (Å²) in [7, 11) is 0. The van der Waals surface area contributed by atoms with Crippen molar-refractivity contribution in [2.75, 3.05) is 26.3 Å². The number of hydrogen-bond acceptors (Lipinski definition) is 4. The molecule has 3 rings (SSSR count). The van der Waals surface area contributed by atoms with Gasteiger partial charge < -0.3 is 14.8 Å². The molecular formula is C19H28N2O3. The maximum absolute atomic E-state index is 12.0. The molecule has 1 aliphatic heterocycles. The molecule has 1 N–H and O–H groups in total. The molecule has 1 aromatic carbocycles. The van der Waals surface area contributed by atoms with Crippen LogP contribution in [0.1, 0.15) is 33.3 Å². The summed E-state index contributed by atoms with van der Waals surface area (Å²) in [6, 6.07) is 8.07. The normalized spacial score (nSPS) is 14.8. The fourth-order valence-electron chi connectivity index (χ4n) is 2.40. The Hall–Kier alpha value is -1.85. The summed E-state index contributed by atoms with van der Waals surface area (Å²) < 4.78 is 11.9. The van der Waals surface area contributed by atoms with Crippen molar-refractivity contribution in [2.45, 2.75) is 39.7 Å². The van der Waals surface area contributed by atoms with Crippen LogP contribution in [-0.2, 0) is 15.9 Å². The minimum absolute atomic E-state index is 0.332. The summed E-state index contributed by atoms with van der Waals surface area (Å²) in [6.07, 6.45) is 2.42. The van der Waals surface area contributed by atoms with Gasteiger partial charge in [0.05, 0.1) is 18.7 Å². The molecule has 2 heterocycles. The first-order chi connectivity index (χ1) is 11.4. The minimum atomic E-state index is -0.475. The SMILES string of the molecule is C1COCCN1.CCc1ccc2c(ccn2C(=O)OC(C)(C)C)c1. The van der Waals surface area contributed by atoms with Gasteiger partial charge in [-0.15, -0.1) is 0 Å². The second-order valence-corrected chi connectivity index (χ2v) is 6.78. The van der Waals surface area contributed by atoms with E-state index in [4.69, 9.17) is 9.47 Å². The Balaban J connectivity index is 0.000000292. The number of aromatic nitrogens is 1. The molecule has 1 aromatic heterocycles. The van der Waals surface area contributed by atoms with Gasteiger partial charge >= 0.3 is 6.09 Å². The fraction of sp³-hybridized carbons (Fsp3) is 0.526. The van der Waals surface area contributed by atoms with Crippen molar-refractivity contribution in [3.8, 4) is 0 Å². The average Bonchev–Trinajstić information content (AvgIpc) is 2.98. The number of fused-ring (bicyclic) bond motifs is 1.